The molecule has 0 amide bonds. The van der Waals surface area contributed by atoms with Crippen LogP contribution in [0.5, 0.6) is 0 Å². The van der Waals surface area contributed by atoms with Crippen LogP contribution in [0.4, 0.5) is 0 Å². The molecular formula is C44H29N3. The zero-order valence-electron chi connectivity index (χ0n) is 25.6. The summed E-state index contributed by atoms with van der Waals surface area (Å²) in [6.45, 7) is 0. The fourth-order valence-electron chi connectivity index (χ4n) is 6.97. The molecule has 47 heavy (non-hydrogen) atoms. The summed E-state index contributed by atoms with van der Waals surface area (Å²) >= 11 is 0. The third-order valence-electron chi connectivity index (χ3n) is 9.13. The van der Waals surface area contributed by atoms with Crippen molar-refractivity contribution in [1.29, 1.82) is 0 Å². The summed E-state index contributed by atoms with van der Waals surface area (Å²) in [5, 5.41) is 4.97. The van der Waals surface area contributed by atoms with E-state index in [0.29, 0.717) is 0 Å². The first-order valence-electron chi connectivity index (χ1n) is 15.9. The summed E-state index contributed by atoms with van der Waals surface area (Å²) in [5.74, 6) is 0.934. The van der Waals surface area contributed by atoms with Crippen molar-refractivity contribution in [3.63, 3.8) is 0 Å². The lowest BCUT2D eigenvalue weighted by Crippen LogP contribution is -1.97. The van der Waals surface area contributed by atoms with Gasteiger partial charge >= 0.3 is 0 Å². The molecule has 0 spiro atoms. The van der Waals surface area contributed by atoms with Gasteiger partial charge in [-0.25, -0.2) is 4.98 Å². The summed E-state index contributed by atoms with van der Waals surface area (Å²) < 4.78 is 2.25. The molecule has 0 saturated carbocycles. The highest BCUT2D eigenvalue weighted by atomic mass is 15.1. The van der Waals surface area contributed by atoms with Crippen LogP contribution >= 0.6 is 0 Å². The molecule has 3 heteroatoms. The number of aromatic nitrogens is 3. The largest absolute Gasteiger partial charge is 0.292 e. The van der Waals surface area contributed by atoms with Gasteiger partial charge in [-0.3, -0.25) is 9.55 Å². The molecule has 0 aliphatic carbocycles. The van der Waals surface area contributed by atoms with E-state index in [1.807, 2.05) is 18.5 Å². The maximum atomic E-state index is 5.09. The normalized spacial score (nSPS) is 11.4. The molecule has 0 aliphatic rings. The van der Waals surface area contributed by atoms with Crippen LogP contribution in [0, 0.1) is 0 Å². The van der Waals surface area contributed by atoms with Gasteiger partial charge in [0.1, 0.15) is 5.82 Å². The maximum Gasteiger partial charge on any atom is 0.145 e. The quantitative estimate of drug-likeness (QED) is 0.184. The van der Waals surface area contributed by atoms with Crippen molar-refractivity contribution in [2.75, 3.05) is 0 Å². The van der Waals surface area contributed by atoms with Crippen molar-refractivity contribution in [2.45, 2.75) is 0 Å². The molecule has 0 unspecified atom stereocenters. The molecular weight excluding hydrogens is 571 g/mol. The van der Waals surface area contributed by atoms with Gasteiger partial charge in [0, 0.05) is 23.6 Å². The standard InChI is InChI=1S/C44H29N3/c1-2-10-35(11-3-1)47-41-17-9-8-16-40(41)46-44(47)34-24-22-33(23-25-34)43-38-14-6-4-12-36(38)42(37-13-5-7-15-39(37)43)32-20-18-30(19-21-32)31-26-28-45-29-27-31/h1-29H. The molecule has 0 radical (unpaired) electrons. The van der Waals surface area contributed by atoms with E-state index in [2.05, 4.69) is 167 Å². The predicted molar refractivity (Wildman–Crippen MR) is 196 cm³/mol. The highest BCUT2D eigenvalue weighted by Crippen LogP contribution is 2.44. The second-order valence-corrected chi connectivity index (χ2v) is 11.8. The fraction of sp³-hybridized carbons (Fsp3) is 0. The van der Waals surface area contributed by atoms with Crippen LogP contribution in [0.1, 0.15) is 0 Å². The number of fused-ring (bicyclic) bond motifs is 3. The van der Waals surface area contributed by atoms with Crippen molar-refractivity contribution in [1.82, 2.24) is 14.5 Å². The van der Waals surface area contributed by atoms with Crippen LogP contribution in [0.15, 0.2) is 176 Å². The van der Waals surface area contributed by atoms with E-state index in [4.69, 9.17) is 4.98 Å². The van der Waals surface area contributed by atoms with Crippen LogP contribution in [0.2, 0.25) is 0 Å². The summed E-state index contributed by atoms with van der Waals surface area (Å²) in [5.41, 5.74) is 11.5. The Hall–Kier alpha value is -6.32. The average molecular weight is 600 g/mol. The lowest BCUT2D eigenvalue weighted by molar-refractivity contribution is 1.10. The van der Waals surface area contributed by atoms with Gasteiger partial charge in [-0.2, -0.15) is 0 Å². The van der Waals surface area contributed by atoms with Crippen LogP contribution in [0.25, 0.3) is 83.0 Å². The summed E-state index contributed by atoms with van der Waals surface area (Å²) in [7, 11) is 0. The number of benzene rings is 7. The minimum absolute atomic E-state index is 0.934. The molecule has 2 heterocycles. The summed E-state index contributed by atoms with van der Waals surface area (Å²) in [4.78, 5) is 9.27. The Kier molecular flexibility index (Phi) is 6.46. The minimum atomic E-state index is 0.934. The highest BCUT2D eigenvalue weighted by molar-refractivity contribution is 6.21. The SMILES string of the molecule is c1ccc(-n2c(-c3ccc(-c4c5ccccc5c(-c5ccc(-c6ccncc6)cc5)c5ccccc45)cc3)nc3ccccc32)cc1. The van der Waals surface area contributed by atoms with Crippen molar-refractivity contribution in [3.05, 3.63) is 176 Å². The third-order valence-corrected chi connectivity index (χ3v) is 9.13. The molecule has 2 aromatic heterocycles. The van der Waals surface area contributed by atoms with Gasteiger partial charge in [0.15, 0.2) is 0 Å². The second-order valence-electron chi connectivity index (χ2n) is 11.8. The lowest BCUT2D eigenvalue weighted by atomic mass is 9.85. The Balaban J connectivity index is 1.20. The van der Waals surface area contributed by atoms with Crippen molar-refractivity contribution in [3.8, 4) is 50.5 Å². The first kappa shape index (κ1) is 27.0. The van der Waals surface area contributed by atoms with E-state index >= 15 is 0 Å². The van der Waals surface area contributed by atoms with Crippen LogP contribution < -0.4 is 0 Å². The molecule has 9 aromatic rings. The van der Waals surface area contributed by atoms with Gasteiger partial charge in [0.25, 0.3) is 0 Å². The molecule has 7 aromatic carbocycles. The van der Waals surface area contributed by atoms with Crippen LogP contribution in [-0.4, -0.2) is 14.5 Å². The summed E-state index contributed by atoms with van der Waals surface area (Å²) in [6, 6.07) is 58.4. The minimum Gasteiger partial charge on any atom is -0.292 e. The lowest BCUT2D eigenvalue weighted by Gasteiger charge is -2.18. The van der Waals surface area contributed by atoms with E-state index < -0.39 is 0 Å². The van der Waals surface area contributed by atoms with Gasteiger partial charge in [0.05, 0.1) is 11.0 Å². The van der Waals surface area contributed by atoms with Crippen molar-refractivity contribution in [2.24, 2.45) is 0 Å². The molecule has 0 saturated heterocycles. The number of hydrogen-bond donors (Lipinski definition) is 0. The first-order chi connectivity index (χ1) is 23.3. The van der Waals surface area contributed by atoms with E-state index in [-0.39, 0.29) is 0 Å². The van der Waals surface area contributed by atoms with Gasteiger partial charge in [-0.1, -0.05) is 127 Å². The molecule has 0 N–H and O–H groups in total. The second kappa shape index (κ2) is 11.2. The van der Waals surface area contributed by atoms with E-state index in [9.17, 15) is 0 Å². The Bertz CT molecular complexity index is 2470. The van der Waals surface area contributed by atoms with E-state index in [1.165, 1.54) is 54.9 Å². The Labute approximate surface area is 273 Å². The van der Waals surface area contributed by atoms with Gasteiger partial charge in [-0.05, 0) is 91.3 Å². The highest BCUT2D eigenvalue weighted by Gasteiger charge is 2.18. The van der Waals surface area contributed by atoms with Gasteiger partial charge < -0.3 is 0 Å². The fourth-order valence-corrected chi connectivity index (χ4v) is 6.97. The Morgan fingerprint density at radius 3 is 1.38 bits per heavy atom. The van der Waals surface area contributed by atoms with Crippen molar-refractivity contribution >= 4 is 32.6 Å². The number of para-hydroxylation sites is 3. The maximum absolute atomic E-state index is 5.09. The van der Waals surface area contributed by atoms with Gasteiger partial charge in [-0.15, -0.1) is 0 Å². The molecule has 3 nitrogen and oxygen atoms in total. The molecule has 0 aliphatic heterocycles. The topological polar surface area (TPSA) is 30.7 Å². The Morgan fingerprint density at radius 2 is 0.809 bits per heavy atom. The summed E-state index contributed by atoms with van der Waals surface area (Å²) in [6.07, 6.45) is 3.68. The molecule has 9 rings (SSSR count). The first-order valence-corrected chi connectivity index (χ1v) is 15.9. The molecule has 220 valence electrons. The van der Waals surface area contributed by atoms with Gasteiger partial charge in [0.2, 0.25) is 0 Å². The Morgan fingerprint density at radius 1 is 0.362 bits per heavy atom. The number of imidazole rings is 1. The average Bonchev–Trinajstić information content (AvgIpc) is 3.54. The molecule has 0 fully saturated rings. The number of nitrogens with zero attached hydrogens (tertiary/aromatic N) is 3. The monoisotopic (exact) mass is 599 g/mol. The predicted octanol–water partition coefficient (Wildman–Crippen LogP) is 11.4. The number of hydrogen-bond acceptors (Lipinski definition) is 2. The zero-order chi connectivity index (χ0) is 31.2. The molecule has 0 atom stereocenters. The van der Waals surface area contributed by atoms with E-state index in [0.717, 1.165) is 28.1 Å². The number of rotatable bonds is 5. The smallest absolute Gasteiger partial charge is 0.145 e. The van der Waals surface area contributed by atoms with Crippen molar-refractivity contribution < 1.29 is 0 Å². The van der Waals surface area contributed by atoms with Crippen LogP contribution in [-0.2, 0) is 0 Å². The van der Waals surface area contributed by atoms with Crippen LogP contribution in [0.3, 0.4) is 0 Å². The molecule has 0 bridgehead atoms. The zero-order valence-corrected chi connectivity index (χ0v) is 25.6. The third kappa shape index (κ3) is 4.60. The van der Waals surface area contributed by atoms with E-state index in [1.54, 1.807) is 0 Å². The number of pyridine rings is 1.